The summed E-state index contributed by atoms with van der Waals surface area (Å²) in [6.45, 7) is -0.578. The molecule has 0 saturated carbocycles. The van der Waals surface area contributed by atoms with Crippen LogP contribution >= 0.6 is 0 Å². The lowest BCUT2D eigenvalue weighted by Gasteiger charge is -2.24. The van der Waals surface area contributed by atoms with Gasteiger partial charge in [0.25, 0.3) is 0 Å². The van der Waals surface area contributed by atoms with Gasteiger partial charge >= 0.3 is 5.97 Å². The van der Waals surface area contributed by atoms with Crippen molar-refractivity contribution in [3.05, 3.63) is 35.9 Å². The quantitative estimate of drug-likeness (QED) is 0.161. The van der Waals surface area contributed by atoms with Crippen LogP contribution in [0.15, 0.2) is 30.3 Å². The Morgan fingerprint density at radius 3 is 1.84 bits per heavy atom. The van der Waals surface area contributed by atoms with E-state index in [1.54, 1.807) is 30.3 Å². The Bertz CT molecular complexity index is 759. The zero-order chi connectivity index (χ0) is 23.6. The van der Waals surface area contributed by atoms with Crippen LogP contribution in [-0.4, -0.2) is 87.6 Å². The third-order valence-electron chi connectivity index (χ3n) is 4.31. The monoisotopic (exact) mass is 440 g/mol. The van der Waals surface area contributed by atoms with Crippen LogP contribution < -0.4 is 21.7 Å². The van der Waals surface area contributed by atoms with Gasteiger partial charge in [0.15, 0.2) is 6.04 Å². The van der Waals surface area contributed by atoms with Gasteiger partial charge in [0.2, 0.25) is 17.7 Å². The fraction of sp³-hybridized carbons (Fsp3) is 0.474. The first-order valence-electron chi connectivity index (χ1n) is 9.43. The first-order valence-corrected chi connectivity index (χ1v) is 9.43. The van der Waals surface area contributed by atoms with Gasteiger partial charge in [-0.05, 0) is 18.9 Å². The maximum Gasteiger partial charge on any atom is 0.328 e. The molecular formula is C19H28N4O8. The number of carbonyl (C=O) groups excluding carboxylic acids is 3. The molecule has 12 nitrogen and oxygen atoms in total. The van der Waals surface area contributed by atoms with E-state index in [0.717, 1.165) is 12.5 Å². The average molecular weight is 440 g/mol. The number of amides is 3. The van der Waals surface area contributed by atoms with E-state index < -0.39 is 67.2 Å². The van der Waals surface area contributed by atoms with Gasteiger partial charge in [0.05, 0.1) is 25.4 Å². The molecule has 0 fully saturated rings. The topological polar surface area (TPSA) is 211 Å². The Hall–Kier alpha value is -3.06. The van der Waals surface area contributed by atoms with Crippen molar-refractivity contribution in [3.8, 4) is 0 Å². The lowest BCUT2D eigenvalue weighted by Crippen LogP contribution is -2.60. The molecule has 0 bridgehead atoms. The Balaban J connectivity index is 2.71. The Morgan fingerprint density at radius 2 is 1.39 bits per heavy atom. The number of carbonyl (C=O) groups is 4. The molecule has 1 aromatic carbocycles. The molecule has 0 radical (unpaired) electrons. The van der Waals surface area contributed by atoms with Crippen molar-refractivity contribution < 1.29 is 39.6 Å². The highest BCUT2D eigenvalue weighted by Gasteiger charge is 2.31. The van der Waals surface area contributed by atoms with Crippen molar-refractivity contribution >= 4 is 23.7 Å². The summed E-state index contributed by atoms with van der Waals surface area (Å²) in [7, 11) is 0. The summed E-state index contributed by atoms with van der Waals surface area (Å²) >= 11 is 0. The van der Waals surface area contributed by atoms with Crippen LogP contribution in [0.3, 0.4) is 0 Å². The summed E-state index contributed by atoms with van der Waals surface area (Å²) in [5.74, 6) is -4.31. The summed E-state index contributed by atoms with van der Waals surface area (Å²) in [4.78, 5) is 47.8. The SMILES string of the molecule is CC(O)C(NC(=O)C(CO)NC(=O)C(CO)NC(=O)C(N)Cc1ccccc1)C(=O)O. The van der Waals surface area contributed by atoms with Crippen LogP contribution in [0.1, 0.15) is 12.5 Å². The van der Waals surface area contributed by atoms with Crippen molar-refractivity contribution in [3.63, 3.8) is 0 Å². The van der Waals surface area contributed by atoms with Crippen molar-refractivity contribution in [2.45, 2.75) is 43.6 Å². The zero-order valence-corrected chi connectivity index (χ0v) is 16.9. The molecule has 3 amide bonds. The molecule has 0 spiro atoms. The zero-order valence-electron chi connectivity index (χ0n) is 16.9. The Morgan fingerprint density at radius 1 is 0.903 bits per heavy atom. The molecule has 1 rings (SSSR count). The van der Waals surface area contributed by atoms with E-state index in [1.807, 2.05) is 5.32 Å². The van der Waals surface area contributed by atoms with Gasteiger partial charge in [0, 0.05) is 0 Å². The largest absolute Gasteiger partial charge is 0.480 e. The number of benzene rings is 1. The second kappa shape index (κ2) is 12.6. The normalized spacial score (nSPS) is 15.6. The molecule has 0 aliphatic rings. The molecule has 9 N–H and O–H groups in total. The van der Waals surface area contributed by atoms with Crippen LogP contribution in [0, 0.1) is 0 Å². The predicted octanol–water partition coefficient (Wildman–Crippen LogP) is -3.54. The average Bonchev–Trinajstić information content (AvgIpc) is 2.73. The van der Waals surface area contributed by atoms with Crippen LogP contribution in [0.25, 0.3) is 0 Å². The number of aliphatic carboxylic acids is 1. The summed E-state index contributed by atoms with van der Waals surface area (Å²) in [6.07, 6.45) is -1.25. The molecule has 0 saturated heterocycles. The van der Waals surface area contributed by atoms with Gasteiger partial charge in [-0.2, -0.15) is 0 Å². The number of nitrogens with two attached hydrogens (primary N) is 1. The maximum atomic E-state index is 12.3. The Kier molecular flexibility index (Phi) is 10.6. The van der Waals surface area contributed by atoms with Crippen LogP contribution in [0.5, 0.6) is 0 Å². The molecule has 5 atom stereocenters. The lowest BCUT2D eigenvalue weighted by molar-refractivity contribution is -0.145. The van der Waals surface area contributed by atoms with Gasteiger partial charge < -0.3 is 42.1 Å². The Labute approximate surface area is 178 Å². The van der Waals surface area contributed by atoms with Gasteiger partial charge in [-0.15, -0.1) is 0 Å². The summed E-state index contributed by atoms with van der Waals surface area (Å²) in [5.41, 5.74) is 6.62. The fourth-order valence-electron chi connectivity index (χ4n) is 2.54. The number of aliphatic hydroxyl groups is 3. The first kappa shape index (κ1) is 26.0. The van der Waals surface area contributed by atoms with Crippen LogP contribution in [0.4, 0.5) is 0 Å². The maximum absolute atomic E-state index is 12.3. The molecular weight excluding hydrogens is 412 g/mol. The second-order valence-electron chi connectivity index (χ2n) is 6.85. The highest BCUT2D eigenvalue weighted by atomic mass is 16.4. The molecule has 31 heavy (non-hydrogen) atoms. The number of hydrogen-bond donors (Lipinski definition) is 8. The first-order chi connectivity index (χ1) is 14.6. The highest BCUT2D eigenvalue weighted by Crippen LogP contribution is 2.02. The van der Waals surface area contributed by atoms with Gasteiger partial charge in [-0.3, -0.25) is 14.4 Å². The van der Waals surface area contributed by atoms with E-state index in [0.29, 0.717) is 0 Å². The van der Waals surface area contributed by atoms with Gasteiger partial charge in [-0.25, -0.2) is 4.79 Å². The molecule has 0 heterocycles. The lowest BCUT2D eigenvalue weighted by atomic mass is 10.1. The summed E-state index contributed by atoms with van der Waals surface area (Å²) in [5, 5.41) is 43.6. The third-order valence-corrected chi connectivity index (χ3v) is 4.31. The van der Waals surface area contributed by atoms with Crippen molar-refractivity contribution in [1.29, 1.82) is 0 Å². The van der Waals surface area contributed by atoms with E-state index >= 15 is 0 Å². The number of rotatable bonds is 12. The minimum absolute atomic E-state index is 0.185. The number of aliphatic hydroxyl groups excluding tert-OH is 3. The molecule has 172 valence electrons. The fourth-order valence-corrected chi connectivity index (χ4v) is 2.54. The van der Waals surface area contributed by atoms with E-state index in [4.69, 9.17) is 10.8 Å². The minimum Gasteiger partial charge on any atom is -0.480 e. The summed E-state index contributed by atoms with van der Waals surface area (Å²) < 4.78 is 0. The van der Waals surface area contributed by atoms with Crippen molar-refractivity contribution in [2.75, 3.05) is 13.2 Å². The standard InChI is InChI=1S/C19H28N4O8/c1-10(26)15(19(30)31)23-18(29)14(9-25)22-17(28)13(8-24)21-16(27)12(20)7-11-5-3-2-4-6-11/h2-6,10,12-15,24-26H,7-9,20H2,1H3,(H,21,27)(H,22,28)(H,23,29)(H,30,31). The van der Waals surface area contributed by atoms with E-state index in [2.05, 4.69) is 10.6 Å². The molecule has 1 aromatic rings. The molecule has 0 aromatic heterocycles. The minimum atomic E-state index is -1.66. The van der Waals surface area contributed by atoms with Crippen LogP contribution in [-0.2, 0) is 25.6 Å². The second-order valence-corrected chi connectivity index (χ2v) is 6.85. The molecule has 0 aliphatic heterocycles. The molecule has 5 unspecified atom stereocenters. The summed E-state index contributed by atoms with van der Waals surface area (Å²) in [6, 6.07) is 3.16. The third kappa shape index (κ3) is 8.30. The van der Waals surface area contributed by atoms with E-state index in [-0.39, 0.29) is 6.42 Å². The smallest absolute Gasteiger partial charge is 0.328 e. The van der Waals surface area contributed by atoms with Crippen molar-refractivity contribution in [1.82, 2.24) is 16.0 Å². The molecule has 12 heteroatoms. The van der Waals surface area contributed by atoms with Crippen molar-refractivity contribution in [2.24, 2.45) is 5.73 Å². The number of hydrogen-bond acceptors (Lipinski definition) is 8. The van der Waals surface area contributed by atoms with Crippen LogP contribution in [0.2, 0.25) is 0 Å². The van der Waals surface area contributed by atoms with E-state index in [9.17, 15) is 34.5 Å². The number of carboxylic acid groups (broad SMARTS) is 1. The van der Waals surface area contributed by atoms with Gasteiger partial charge in [0.1, 0.15) is 12.1 Å². The van der Waals surface area contributed by atoms with Gasteiger partial charge in [-0.1, -0.05) is 30.3 Å². The molecule has 0 aliphatic carbocycles. The van der Waals surface area contributed by atoms with E-state index in [1.165, 1.54) is 0 Å². The highest BCUT2D eigenvalue weighted by molar-refractivity contribution is 5.94. The number of nitrogens with one attached hydrogen (secondary N) is 3. The predicted molar refractivity (Wildman–Crippen MR) is 107 cm³/mol. The number of carboxylic acids is 1.